The zero-order chi connectivity index (χ0) is 21.0. The Hall–Kier alpha value is -3.27. The largest absolute Gasteiger partial charge is 0.573 e. The van der Waals surface area contributed by atoms with Crippen LogP contribution in [0.4, 0.5) is 13.2 Å². The van der Waals surface area contributed by atoms with Gasteiger partial charge in [0, 0.05) is 10.6 Å². The number of hydrogen-bond donors (Lipinski definition) is 0. The van der Waals surface area contributed by atoms with Gasteiger partial charge < -0.3 is 18.7 Å². The fraction of sp³-hybridized carbons (Fsp3) is 0.167. The van der Waals surface area contributed by atoms with Crippen LogP contribution in [0.3, 0.4) is 0 Å². The van der Waals surface area contributed by atoms with Crippen molar-refractivity contribution < 1.29 is 36.7 Å². The second-order valence-corrected chi connectivity index (χ2v) is 5.94. The summed E-state index contributed by atoms with van der Waals surface area (Å²) in [6, 6.07) is 9.33. The van der Waals surface area contributed by atoms with Gasteiger partial charge in [-0.15, -0.1) is 13.2 Å². The molecule has 0 aliphatic carbocycles. The van der Waals surface area contributed by atoms with Crippen molar-refractivity contribution >= 4 is 17.6 Å². The Morgan fingerprint density at radius 2 is 1.90 bits per heavy atom. The van der Waals surface area contributed by atoms with E-state index in [4.69, 9.17) is 25.6 Å². The van der Waals surface area contributed by atoms with Crippen molar-refractivity contribution in [2.24, 2.45) is 0 Å². The summed E-state index contributed by atoms with van der Waals surface area (Å²) in [5.74, 6) is -0.715. The first-order chi connectivity index (χ1) is 13.7. The number of hydrogen-bond acceptors (Lipinski definition) is 7. The van der Waals surface area contributed by atoms with Gasteiger partial charge in [0.05, 0.1) is 7.11 Å². The lowest BCUT2D eigenvalue weighted by molar-refractivity contribution is -0.274. The average molecular weight is 429 g/mol. The maximum Gasteiger partial charge on any atom is 0.573 e. The first-order valence-electron chi connectivity index (χ1n) is 7.94. The molecule has 0 fully saturated rings. The van der Waals surface area contributed by atoms with Gasteiger partial charge in [0.25, 0.3) is 5.89 Å². The average Bonchev–Trinajstić information content (AvgIpc) is 3.14. The Morgan fingerprint density at radius 3 is 2.55 bits per heavy atom. The van der Waals surface area contributed by atoms with Gasteiger partial charge in [-0.1, -0.05) is 16.8 Å². The monoisotopic (exact) mass is 428 g/mol. The highest BCUT2D eigenvalue weighted by atomic mass is 35.5. The molecular formula is C18H12ClF3N2O5. The van der Waals surface area contributed by atoms with E-state index >= 15 is 0 Å². The Morgan fingerprint density at radius 1 is 1.17 bits per heavy atom. The number of carbonyl (C=O) groups is 1. The molecule has 0 N–H and O–H groups in total. The summed E-state index contributed by atoms with van der Waals surface area (Å²) >= 11 is 5.85. The van der Waals surface area contributed by atoms with Gasteiger partial charge in [-0.05, 0) is 42.5 Å². The van der Waals surface area contributed by atoms with Crippen LogP contribution in [-0.2, 0) is 11.3 Å². The van der Waals surface area contributed by atoms with Crippen molar-refractivity contribution in [2.75, 3.05) is 7.11 Å². The summed E-state index contributed by atoms with van der Waals surface area (Å²) in [4.78, 5) is 16.2. The van der Waals surface area contributed by atoms with Crippen molar-refractivity contribution in [3.05, 3.63) is 58.9 Å². The zero-order valence-corrected chi connectivity index (χ0v) is 15.5. The van der Waals surface area contributed by atoms with Gasteiger partial charge >= 0.3 is 12.3 Å². The molecule has 0 aliphatic heterocycles. The number of aromatic nitrogens is 2. The lowest BCUT2D eigenvalue weighted by Gasteiger charge is -2.08. The Kier molecular flexibility index (Phi) is 5.92. The fourth-order valence-electron chi connectivity index (χ4n) is 2.28. The maximum atomic E-state index is 12.2. The van der Waals surface area contributed by atoms with Crippen molar-refractivity contribution in [1.82, 2.24) is 10.1 Å². The van der Waals surface area contributed by atoms with Crippen molar-refractivity contribution in [2.45, 2.75) is 13.0 Å². The van der Waals surface area contributed by atoms with Crippen LogP contribution in [0.15, 0.2) is 47.0 Å². The van der Waals surface area contributed by atoms with E-state index in [2.05, 4.69) is 14.9 Å². The van der Waals surface area contributed by atoms with E-state index in [1.165, 1.54) is 37.4 Å². The highest BCUT2D eigenvalue weighted by Crippen LogP contribution is 2.26. The van der Waals surface area contributed by atoms with Crippen LogP contribution in [0.5, 0.6) is 11.5 Å². The first-order valence-corrected chi connectivity index (χ1v) is 8.32. The number of halogens is 4. The molecule has 1 heterocycles. The molecule has 0 amide bonds. The number of alkyl halides is 3. The zero-order valence-electron chi connectivity index (χ0n) is 14.7. The summed E-state index contributed by atoms with van der Waals surface area (Å²) in [5, 5.41) is 4.10. The lowest BCUT2D eigenvalue weighted by Crippen LogP contribution is -2.16. The van der Waals surface area contributed by atoms with Crippen molar-refractivity contribution in [3.8, 4) is 22.9 Å². The summed E-state index contributed by atoms with van der Waals surface area (Å²) in [6.07, 6.45) is -4.78. The first kappa shape index (κ1) is 20.5. The number of nitrogens with zero attached hydrogens (tertiary/aromatic N) is 2. The van der Waals surface area contributed by atoms with Crippen LogP contribution in [0.25, 0.3) is 11.4 Å². The Balaban J connectivity index is 1.64. The molecular weight excluding hydrogens is 417 g/mol. The molecule has 0 spiro atoms. The van der Waals surface area contributed by atoms with Gasteiger partial charge in [0.1, 0.15) is 17.1 Å². The summed E-state index contributed by atoms with van der Waals surface area (Å²) in [7, 11) is 1.39. The van der Waals surface area contributed by atoms with Crippen molar-refractivity contribution in [1.29, 1.82) is 0 Å². The molecule has 0 bridgehead atoms. The molecule has 7 nitrogen and oxygen atoms in total. The van der Waals surface area contributed by atoms with E-state index in [1.807, 2.05) is 0 Å². The van der Waals surface area contributed by atoms with Gasteiger partial charge in [0.2, 0.25) is 5.82 Å². The minimum atomic E-state index is -4.78. The van der Waals surface area contributed by atoms with Gasteiger partial charge in [-0.2, -0.15) is 4.98 Å². The molecule has 0 saturated carbocycles. The smallest absolute Gasteiger partial charge is 0.496 e. The molecule has 29 heavy (non-hydrogen) atoms. The topological polar surface area (TPSA) is 83.7 Å². The van der Waals surface area contributed by atoms with E-state index in [1.54, 1.807) is 0 Å². The number of esters is 1. The number of methoxy groups -OCH3 is 1. The third-order valence-corrected chi connectivity index (χ3v) is 3.76. The number of benzene rings is 2. The molecule has 0 radical (unpaired) electrons. The van der Waals surface area contributed by atoms with Crippen LogP contribution >= 0.6 is 11.6 Å². The van der Waals surface area contributed by atoms with Crippen LogP contribution in [0.2, 0.25) is 5.02 Å². The van der Waals surface area contributed by atoms with Crippen LogP contribution in [0.1, 0.15) is 16.2 Å². The third kappa shape index (κ3) is 5.38. The highest BCUT2D eigenvalue weighted by Gasteiger charge is 2.31. The predicted octanol–water partition coefficient (Wildman–Crippen LogP) is 4.65. The van der Waals surface area contributed by atoms with Crippen LogP contribution in [-0.4, -0.2) is 29.6 Å². The van der Waals surface area contributed by atoms with E-state index in [-0.39, 0.29) is 35.4 Å². The Bertz CT molecular complexity index is 1010. The molecule has 0 aliphatic rings. The predicted molar refractivity (Wildman–Crippen MR) is 93.5 cm³/mol. The quantitative estimate of drug-likeness (QED) is 0.528. The molecule has 2 aromatic carbocycles. The van der Waals surface area contributed by atoms with E-state index in [0.29, 0.717) is 10.6 Å². The van der Waals surface area contributed by atoms with Crippen LogP contribution < -0.4 is 9.47 Å². The third-order valence-electron chi connectivity index (χ3n) is 3.52. The number of rotatable bonds is 6. The van der Waals surface area contributed by atoms with Gasteiger partial charge in [-0.25, -0.2) is 4.79 Å². The fourth-order valence-corrected chi connectivity index (χ4v) is 2.44. The van der Waals surface area contributed by atoms with E-state index in [0.717, 1.165) is 12.1 Å². The van der Waals surface area contributed by atoms with Gasteiger partial charge in [0.15, 0.2) is 6.61 Å². The summed E-state index contributed by atoms with van der Waals surface area (Å²) in [5.41, 5.74) is 0.553. The van der Waals surface area contributed by atoms with Crippen molar-refractivity contribution in [3.63, 3.8) is 0 Å². The lowest BCUT2D eigenvalue weighted by atomic mass is 10.2. The number of ether oxygens (including phenoxy) is 3. The van der Waals surface area contributed by atoms with E-state index in [9.17, 15) is 18.0 Å². The second-order valence-electron chi connectivity index (χ2n) is 5.50. The highest BCUT2D eigenvalue weighted by molar-refractivity contribution is 6.30. The molecule has 0 saturated heterocycles. The van der Waals surface area contributed by atoms with E-state index < -0.39 is 12.3 Å². The summed E-state index contributed by atoms with van der Waals surface area (Å²) < 4.78 is 55.6. The minimum Gasteiger partial charge on any atom is -0.496 e. The second kappa shape index (κ2) is 8.39. The molecule has 0 unspecified atom stereocenters. The minimum absolute atomic E-state index is 0.00287. The molecule has 3 rings (SSSR count). The molecule has 11 heteroatoms. The van der Waals surface area contributed by atoms with Gasteiger partial charge in [-0.3, -0.25) is 0 Å². The van der Waals surface area contributed by atoms with Crippen LogP contribution in [0, 0.1) is 0 Å². The molecule has 152 valence electrons. The molecule has 3 aromatic rings. The normalized spacial score (nSPS) is 11.2. The SMILES string of the molecule is COc1cc(Cl)ccc1C(=O)OCc1nc(-c2ccc(OC(F)(F)F)cc2)no1. The summed E-state index contributed by atoms with van der Waals surface area (Å²) in [6.45, 7) is -0.313. The molecule has 1 aromatic heterocycles. The Labute approximate surface area is 166 Å². The number of carbonyl (C=O) groups excluding carboxylic acids is 1. The molecule has 0 atom stereocenters. The maximum absolute atomic E-state index is 12.2. The standard InChI is InChI=1S/C18H12ClF3N2O5/c1-26-14-8-11(19)4-7-13(14)17(25)27-9-15-23-16(24-29-15)10-2-5-12(6-3-10)28-18(20,21)22/h2-8H,9H2,1H3.